The molecule has 0 saturated heterocycles. The Morgan fingerprint density at radius 2 is 1.62 bits per heavy atom. The molecule has 2 atom stereocenters. The lowest BCUT2D eigenvalue weighted by Gasteiger charge is -2.41. The fraction of sp³-hybridized carbons (Fsp3) is 0.296. The number of amides is 1. The lowest BCUT2D eigenvalue weighted by atomic mass is 9.87. The average molecular weight is 431 g/mol. The Balaban J connectivity index is 1.68. The predicted octanol–water partition coefficient (Wildman–Crippen LogP) is 4.62. The second-order valence-corrected chi connectivity index (χ2v) is 8.19. The van der Waals surface area contributed by atoms with Crippen LogP contribution in [-0.2, 0) is 13.0 Å². The Hall–Kier alpha value is -3.31. The fourth-order valence-corrected chi connectivity index (χ4v) is 4.57. The maximum absolute atomic E-state index is 12.9. The summed E-state index contributed by atoms with van der Waals surface area (Å²) in [6.45, 7) is 3.79. The molecule has 3 aromatic rings. The quantitative estimate of drug-likeness (QED) is 0.594. The standard InChI is InChI=1S/C27H30N2O3/c1-19(28-27(30)21-12-8-5-9-13-21)26-23-17-25(32-3)24(31-2)16-22(23)14-15-29(26)18-20-10-6-4-7-11-20/h4-13,16-17,19,26H,14-15,18H2,1-3H3,(H,28,30). The minimum atomic E-state index is -0.108. The number of carbonyl (C=O) groups excluding carboxylic acids is 1. The summed E-state index contributed by atoms with van der Waals surface area (Å²) >= 11 is 0. The van der Waals surface area contributed by atoms with E-state index in [1.54, 1.807) is 14.2 Å². The molecule has 0 aliphatic carbocycles. The van der Waals surface area contributed by atoms with E-state index in [0.717, 1.165) is 25.3 Å². The van der Waals surface area contributed by atoms with Crippen LogP contribution in [0.4, 0.5) is 0 Å². The lowest BCUT2D eigenvalue weighted by molar-refractivity contribution is 0.0877. The van der Waals surface area contributed by atoms with E-state index >= 15 is 0 Å². The van der Waals surface area contributed by atoms with Crippen molar-refractivity contribution in [2.45, 2.75) is 32.0 Å². The summed E-state index contributed by atoms with van der Waals surface area (Å²) in [6.07, 6.45) is 0.915. The van der Waals surface area contributed by atoms with Gasteiger partial charge in [-0.15, -0.1) is 0 Å². The summed E-state index contributed by atoms with van der Waals surface area (Å²) in [4.78, 5) is 15.4. The number of hydrogen-bond acceptors (Lipinski definition) is 4. The number of ether oxygens (including phenoxy) is 2. The van der Waals surface area contributed by atoms with Crippen molar-refractivity contribution >= 4 is 5.91 Å². The molecule has 3 aromatic carbocycles. The third-order valence-corrected chi connectivity index (χ3v) is 6.12. The van der Waals surface area contributed by atoms with Gasteiger partial charge in [-0.1, -0.05) is 48.5 Å². The molecule has 0 fully saturated rings. The van der Waals surface area contributed by atoms with Crippen molar-refractivity contribution in [2.24, 2.45) is 0 Å². The van der Waals surface area contributed by atoms with E-state index in [4.69, 9.17) is 9.47 Å². The number of nitrogens with zero attached hydrogens (tertiary/aromatic N) is 1. The number of nitrogens with one attached hydrogen (secondary N) is 1. The summed E-state index contributed by atoms with van der Waals surface area (Å²) in [5.74, 6) is 1.38. The third-order valence-electron chi connectivity index (χ3n) is 6.12. The Bertz CT molecular complexity index is 1050. The van der Waals surface area contributed by atoms with Crippen LogP contribution in [0.1, 0.15) is 40.0 Å². The van der Waals surface area contributed by atoms with E-state index < -0.39 is 0 Å². The molecule has 5 nitrogen and oxygen atoms in total. The first kappa shape index (κ1) is 21.9. The summed E-state index contributed by atoms with van der Waals surface area (Å²) in [7, 11) is 3.32. The van der Waals surface area contributed by atoms with Gasteiger partial charge in [-0.05, 0) is 54.3 Å². The summed E-state index contributed by atoms with van der Waals surface area (Å²) in [5, 5.41) is 3.24. The van der Waals surface area contributed by atoms with E-state index in [1.165, 1.54) is 16.7 Å². The largest absolute Gasteiger partial charge is 0.493 e. The minimum absolute atomic E-state index is 0.00595. The number of rotatable bonds is 7. The molecular weight excluding hydrogens is 400 g/mol. The van der Waals surface area contributed by atoms with Crippen LogP contribution in [0.2, 0.25) is 0 Å². The van der Waals surface area contributed by atoms with Crippen molar-refractivity contribution in [1.29, 1.82) is 0 Å². The SMILES string of the molecule is COc1cc2c(cc1OC)C(C(C)NC(=O)c1ccccc1)N(Cc1ccccc1)CC2. The molecule has 0 radical (unpaired) electrons. The van der Waals surface area contributed by atoms with Crippen LogP contribution in [0.25, 0.3) is 0 Å². The second-order valence-electron chi connectivity index (χ2n) is 8.19. The van der Waals surface area contributed by atoms with Crippen LogP contribution in [0, 0.1) is 0 Å². The molecule has 0 saturated carbocycles. The van der Waals surface area contributed by atoms with Gasteiger partial charge in [-0.3, -0.25) is 9.69 Å². The third kappa shape index (κ3) is 4.63. The van der Waals surface area contributed by atoms with Gasteiger partial charge in [0.2, 0.25) is 0 Å². The smallest absolute Gasteiger partial charge is 0.251 e. The van der Waals surface area contributed by atoms with Gasteiger partial charge in [0.15, 0.2) is 11.5 Å². The highest BCUT2D eigenvalue weighted by atomic mass is 16.5. The Kier molecular flexibility index (Phi) is 6.76. The topological polar surface area (TPSA) is 50.8 Å². The summed E-state index contributed by atoms with van der Waals surface area (Å²) in [6, 6.07) is 23.9. The number of methoxy groups -OCH3 is 2. The van der Waals surface area contributed by atoms with E-state index in [1.807, 2.05) is 36.4 Å². The summed E-state index contributed by atoms with van der Waals surface area (Å²) < 4.78 is 11.1. The Morgan fingerprint density at radius 3 is 2.28 bits per heavy atom. The van der Waals surface area contributed by atoms with Gasteiger partial charge in [0, 0.05) is 24.7 Å². The van der Waals surface area contributed by atoms with Crippen molar-refractivity contribution in [3.8, 4) is 11.5 Å². The van der Waals surface area contributed by atoms with Crippen molar-refractivity contribution in [2.75, 3.05) is 20.8 Å². The second kappa shape index (κ2) is 9.88. The van der Waals surface area contributed by atoms with E-state index in [9.17, 15) is 4.79 Å². The molecule has 0 aromatic heterocycles. The molecule has 2 unspecified atom stereocenters. The van der Waals surface area contributed by atoms with Crippen LogP contribution in [0.3, 0.4) is 0 Å². The first-order valence-corrected chi connectivity index (χ1v) is 11.0. The molecule has 1 heterocycles. The van der Waals surface area contributed by atoms with Gasteiger partial charge in [-0.25, -0.2) is 0 Å². The van der Waals surface area contributed by atoms with Gasteiger partial charge in [0.25, 0.3) is 5.91 Å². The van der Waals surface area contributed by atoms with Crippen LogP contribution in [0.5, 0.6) is 11.5 Å². The van der Waals surface area contributed by atoms with Crippen LogP contribution in [-0.4, -0.2) is 37.6 Å². The van der Waals surface area contributed by atoms with E-state index in [0.29, 0.717) is 11.3 Å². The van der Waals surface area contributed by atoms with Gasteiger partial charge in [-0.2, -0.15) is 0 Å². The zero-order valence-corrected chi connectivity index (χ0v) is 18.9. The number of carbonyl (C=O) groups is 1. The van der Waals surface area contributed by atoms with Crippen LogP contribution < -0.4 is 14.8 Å². The van der Waals surface area contributed by atoms with Gasteiger partial charge < -0.3 is 14.8 Å². The zero-order valence-electron chi connectivity index (χ0n) is 18.9. The first-order valence-electron chi connectivity index (χ1n) is 11.0. The molecule has 4 rings (SSSR count). The monoisotopic (exact) mass is 430 g/mol. The molecule has 0 bridgehead atoms. The van der Waals surface area contributed by atoms with Crippen molar-refractivity contribution in [3.63, 3.8) is 0 Å². The van der Waals surface area contributed by atoms with Crippen molar-refractivity contribution < 1.29 is 14.3 Å². The fourth-order valence-electron chi connectivity index (χ4n) is 4.57. The number of fused-ring (bicyclic) bond motifs is 1. The molecule has 5 heteroatoms. The number of hydrogen-bond donors (Lipinski definition) is 1. The highest BCUT2D eigenvalue weighted by molar-refractivity contribution is 5.94. The Labute approximate surface area is 190 Å². The minimum Gasteiger partial charge on any atom is -0.493 e. The molecular formula is C27H30N2O3. The predicted molar refractivity (Wildman–Crippen MR) is 126 cm³/mol. The molecule has 166 valence electrons. The normalized spacial score (nSPS) is 16.7. The summed E-state index contributed by atoms with van der Waals surface area (Å²) in [5.41, 5.74) is 4.32. The highest BCUT2D eigenvalue weighted by Gasteiger charge is 2.33. The molecule has 32 heavy (non-hydrogen) atoms. The van der Waals surface area contributed by atoms with Gasteiger partial charge in [0.1, 0.15) is 0 Å². The first-order chi connectivity index (χ1) is 15.6. The molecule has 1 aliphatic rings. The molecule has 1 N–H and O–H groups in total. The van der Waals surface area contributed by atoms with E-state index in [2.05, 4.69) is 53.5 Å². The molecule has 1 amide bonds. The average Bonchev–Trinajstić information content (AvgIpc) is 2.84. The van der Waals surface area contributed by atoms with Crippen LogP contribution in [0.15, 0.2) is 72.8 Å². The lowest BCUT2D eigenvalue weighted by Crippen LogP contribution is -2.47. The van der Waals surface area contributed by atoms with Crippen molar-refractivity contribution in [3.05, 3.63) is 95.1 Å². The maximum atomic E-state index is 12.9. The molecule has 0 spiro atoms. The van der Waals surface area contributed by atoms with Crippen molar-refractivity contribution in [1.82, 2.24) is 10.2 Å². The molecule has 1 aliphatic heterocycles. The van der Waals surface area contributed by atoms with E-state index in [-0.39, 0.29) is 18.0 Å². The Morgan fingerprint density at radius 1 is 1.00 bits per heavy atom. The zero-order chi connectivity index (χ0) is 22.5. The van der Waals surface area contributed by atoms with Crippen LogP contribution >= 0.6 is 0 Å². The highest BCUT2D eigenvalue weighted by Crippen LogP contribution is 2.40. The van der Waals surface area contributed by atoms with Gasteiger partial charge >= 0.3 is 0 Å². The number of benzene rings is 3. The maximum Gasteiger partial charge on any atom is 0.251 e. The van der Waals surface area contributed by atoms with Gasteiger partial charge in [0.05, 0.1) is 20.3 Å².